The van der Waals surface area contributed by atoms with Crippen molar-refractivity contribution in [2.45, 2.75) is 12.2 Å². The minimum Gasteiger partial charge on any atom is -0.320 e. The van der Waals surface area contributed by atoms with Gasteiger partial charge >= 0.3 is 12.2 Å². The number of carbonyl (C=O) groups is 1. The second-order valence-corrected chi connectivity index (χ2v) is 4.92. The third kappa shape index (κ3) is 2.74. The molecule has 0 spiro atoms. The van der Waals surface area contributed by atoms with Crippen molar-refractivity contribution in [3.63, 3.8) is 0 Å². The van der Waals surface area contributed by atoms with Crippen molar-refractivity contribution in [2.24, 2.45) is 0 Å². The van der Waals surface area contributed by atoms with E-state index in [0.29, 0.717) is 13.1 Å². The largest absolute Gasteiger partial charge is 0.418 e. The van der Waals surface area contributed by atoms with Crippen LogP contribution in [0.2, 0.25) is 0 Å². The van der Waals surface area contributed by atoms with Gasteiger partial charge in [-0.25, -0.2) is 9.48 Å². The van der Waals surface area contributed by atoms with E-state index in [9.17, 15) is 18.0 Å². The Morgan fingerprint density at radius 1 is 1.27 bits per heavy atom. The van der Waals surface area contributed by atoms with Crippen molar-refractivity contribution in [3.8, 4) is 0 Å². The molecular weight excluding hydrogens is 299 g/mol. The molecule has 2 heterocycles. The Labute approximate surface area is 123 Å². The Hall–Kier alpha value is -2.58. The number of benzene rings is 1. The van der Waals surface area contributed by atoms with Crippen molar-refractivity contribution >= 4 is 11.7 Å². The standard InChI is InChI=1S/C13H12F3N5O/c14-13(15,16)10-3-1-2-4-11(10)18-12(22)20-7-9(8-20)21-6-5-17-19-21/h1-6,9H,7-8H2,(H,18,22). The molecule has 1 fully saturated rings. The average Bonchev–Trinajstić information content (AvgIpc) is 2.90. The molecule has 0 atom stereocenters. The van der Waals surface area contributed by atoms with E-state index < -0.39 is 17.8 Å². The number of para-hydroxylation sites is 1. The summed E-state index contributed by atoms with van der Waals surface area (Å²) < 4.78 is 40.2. The van der Waals surface area contributed by atoms with Crippen molar-refractivity contribution in [3.05, 3.63) is 42.2 Å². The van der Waals surface area contributed by atoms with Crippen molar-refractivity contribution in [1.82, 2.24) is 19.9 Å². The second-order valence-electron chi connectivity index (χ2n) is 4.92. The topological polar surface area (TPSA) is 63.1 Å². The summed E-state index contributed by atoms with van der Waals surface area (Å²) in [6.07, 6.45) is -1.30. The molecular formula is C13H12F3N5O. The number of hydrogen-bond acceptors (Lipinski definition) is 3. The third-order valence-corrected chi connectivity index (χ3v) is 3.44. The molecule has 1 aromatic heterocycles. The summed E-state index contributed by atoms with van der Waals surface area (Å²) in [7, 11) is 0. The van der Waals surface area contributed by atoms with E-state index in [-0.39, 0.29) is 11.7 Å². The summed E-state index contributed by atoms with van der Waals surface area (Å²) in [5, 5.41) is 9.80. The molecule has 2 aromatic rings. The number of nitrogens with one attached hydrogen (secondary N) is 1. The van der Waals surface area contributed by atoms with Crippen molar-refractivity contribution in [2.75, 3.05) is 18.4 Å². The van der Waals surface area contributed by atoms with Gasteiger partial charge in [-0.15, -0.1) is 5.10 Å². The predicted molar refractivity (Wildman–Crippen MR) is 71.1 cm³/mol. The lowest BCUT2D eigenvalue weighted by atomic mass is 10.1. The number of carbonyl (C=O) groups excluding carboxylic acids is 1. The van der Waals surface area contributed by atoms with Gasteiger partial charge in [-0.3, -0.25) is 0 Å². The molecule has 0 bridgehead atoms. The first-order valence-corrected chi connectivity index (χ1v) is 6.53. The number of nitrogens with zero attached hydrogens (tertiary/aromatic N) is 4. The Kier molecular flexibility index (Phi) is 3.47. The highest BCUT2D eigenvalue weighted by molar-refractivity contribution is 5.90. The molecule has 6 nitrogen and oxygen atoms in total. The van der Waals surface area contributed by atoms with Gasteiger partial charge in [0.2, 0.25) is 0 Å². The van der Waals surface area contributed by atoms with Gasteiger partial charge in [0.05, 0.1) is 23.5 Å². The average molecular weight is 311 g/mol. The van der Waals surface area contributed by atoms with Crippen LogP contribution >= 0.6 is 0 Å². The smallest absolute Gasteiger partial charge is 0.320 e. The summed E-state index contributed by atoms with van der Waals surface area (Å²) in [4.78, 5) is 13.4. The monoisotopic (exact) mass is 311 g/mol. The maximum absolute atomic E-state index is 12.9. The van der Waals surface area contributed by atoms with E-state index in [2.05, 4.69) is 15.6 Å². The van der Waals surface area contributed by atoms with E-state index in [4.69, 9.17) is 0 Å². The molecule has 116 valence electrons. The van der Waals surface area contributed by atoms with Crippen LogP contribution in [0.25, 0.3) is 0 Å². The first-order chi connectivity index (χ1) is 10.4. The summed E-state index contributed by atoms with van der Waals surface area (Å²) in [6, 6.07) is 4.33. The molecule has 9 heteroatoms. The summed E-state index contributed by atoms with van der Waals surface area (Å²) in [5.41, 5.74) is -1.11. The third-order valence-electron chi connectivity index (χ3n) is 3.44. The van der Waals surface area contributed by atoms with Crippen LogP contribution in [0, 0.1) is 0 Å². The van der Waals surface area contributed by atoms with Gasteiger partial charge in [-0.2, -0.15) is 13.2 Å². The zero-order valence-electron chi connectivity index (χ0n) is 11.3. The fraction of sp³-hybridized carbons (Fsp3) is 0.308. The number of alkyl halides is 3. The Morgan fingerprint density at radius 3 is 2.64 bits per heavy atom. The molecule has 1 aromatic carbocycles. The number of likely N-dealkylation sites (tertiary alicyclic amines) is 1. The molecule has 2 amide bonds. The summed E-state index contributed by atoms with van der Waals surface area (Å²) >= 11 is 0. The maximum Gasteiger partial charge on any atom is 0.418 e. The number of aromatic nitrogens is 3. The molecule has 22 heavy (non-hydrogen) atoms. The van der Waals surface area contributed by atoms with Crippen LogP contribution in [0.3, 0.4) is 0 Å². The molecule has 1 aliphatic heterocycles. The summed E-state index contributed by atoms with van der Waals surface area (Å²) in [5.74, 6) is 0. The fourth-order valence-corrected chi connectivity index (χ4v) is 2.23. The Balaban J connectivity index is 1.64. The molecule has 0 saturated carbocycles. The van der Waals surface area contributed by atoms with E-state index in [1.54, 1.807) is 10.9 Å². The highest BCUT2D eigenvalue weighted by Gasteiger charge is 2.36. The fourth-order valence-electron chi connectivity index (χ4n) is 2.23. The van der Waals surface area contributed by atoms with Gasteiger partial charge in [0.25, 0.3) is 0 Å². The molecule has 1 saturated heterocycles. The molecule has 0 unspecified atom stereocenters. The first-order valence-electron chi connectivity index (χ1n) is 6.53. The molecule has 3 rings (SSSR count). The number of anilines is 1. The molecule has 0 radical (unpaired) electrons. The lowest BCUT2D eigenvalue weighted by Crippen LogP contribution is -2.52. The quantitative estimate of drug-likeness (QED) is 0.926. The number of rotatable bonds is 2. The summed E-state index contributed by atoms with van der Waals surface area (Å²) in [6.45, 7) is 0.757. The Morgan fingerprint density at radius 2 is 2.00 bits per heavy atom. The van der Waals surface area contributed by atoms with Gasteiger partial charge in [0, 0.05) is 19.3 Å². The van der Waals surface area contributed by atoms with Crippen LogP contribution in [-0.4, -0.2) is 39.0 Å². The van der Waals surface area contributed by atoms with E-state index in [1.165, 1.54) is 29.3 Å². The second kappa shape index (κ2) is 5.32. The van der Waals surface area contributed by atoms with E-state index in [1.807, 2.05) is 0 Å². The van der Waals surface area contributed by atoms with Crippen molar-refractivity contribution < 1.29 is 18.0 Å². The van der Waals surface area contributed by atoms with Crippen LogP contribution in [0.4, 0.5) is 23.7 Å². The van der Waals surface area contributed by atoms with Gasteiger partial charge in [0.1, 0.15) is 0 Å². The number of hydrogen-bond donors (Lipinski definition) is 1. The predicted octanol–water partition coefficient (Wildman–Crippen LogP) is 2.39. The first kappa shape index (κ1) is 14.4. The van der Waals surface area contributed by atoms with Crippen LogP contribution in [0.15, 0.2) is 36.7 Å². The van der Waals surface area contributed by atoms with Crippen LogP contribution in [-0.2, 0) is 6.18 Å². The van der Waals surface area contributed by atoms with Crippen LogP contribution < -0.4 is 5.32 Å². The van der Waals surface area contributed by atoms with E-state index >= 15 is 0 Å². The van der Waals surface area contributed by atoms with Crippen molar-refractivity contribution in [1.29, 1.82) is 0 Å². The SMILES string of the molecule is O=C(Nc1ccccc1C(F)(F)F)N1CC(n2ccnn2)C1. The van der Waals surface area contributed by atoms with Crippen LogP contribution in [0.1, 0.15) is 11.6 Å². The minimum atomic E-state index is -4.51. The Bertz CT molecular complexity index is 665. The number of urea groups is 1. The molecule has 1 N–H and O–H groups in total. The molecule has 0 aliphatic carbocycles. The van der Waals surface area contributed by atoms with Gasteiger partial charge in [-0.05, 0) is 12.1 Å². The molecule has 1 aliphatic rings. The lowest BCUT2D eigenvalue weighted by Gasteiger charge is -2.38. The van der Waals surface area contributed by atoms with Gasteiger partial charge < -0.3 is 10.2 Å². The highest BCUT2D eigenvalue weighted by Crippen LogP contribution is 2.35. The zero-order valence-corrected chi connectivity index (χ0v) is 11.3. The number of halogens is 3. The normalized spacial score (nSPS) is 15.5. The van der Waals surface area contributed by atoms with Gasteiger partial charge in [0.15, 0.2) is 0 Å². The number of amides is 2. The van der Waals surface area contributed by atoms with E-state index in [0.717, 1.165) is 6.07 Å². The maximum atomic E-state index is 12.9. The lowest BCUT2D eigenvalue weighted by molar-refractivity contribution is -0.136. The zero-order chi connectivity index (χ0) is 15.7. The van der Waals surface area contributed by atoms with Gasteiger partial charge in [-0.1, -0.05) is 17.3 Å². The minimum absolute atomic E-state index is 0.00566. The van der Waals surface area contributed by atoms with Crippen LogP contribution in [0.5, 0.6) is 0 Å². The highest BCUT2D eigenvalue weighted by atomic mass is 19.4.